The summed E-state index contributed by atoms with van der Waals surface area (Å²) in [5.41, 5.74) is 4.11. The number of fused-ring (bicyclic) bond motifs is 2. The van der Waals surface area contributed by atoms with E-state index in [4.69, 9.17) is 4.74 Å². The average molecular weight is 404 g/mol. The van der Waals surface area contributed by atoms with E-state index in [0.29, 0.717) is 17.1 Å². The molecule has 10 heteroatoms. The van der Waals surface area contributed by atoms with Crippen LogP contribution in [0.25, 0.3) is 11.0 Å². The van der Waals surface area contributed by atoms with Gasteiger partial charge >= 0.3 is 0 Å². The summed E-state index contributed by atoms with van der Waals surface area (Å²) in [6, 6.07) is 9.01. The molecule has 2 N–H and O–H groups in total. The molecule has 0 radical (unpaired) electrons. The number of carbonyl (C=O) groups is 1. The molecular weight excluding hydrogens is 388 g/mol. The van der Waals surface area contributed by atoms with Crippen molar-refractivity contribution in [3.05, 3.63) is 41.5 Å². The van der Waals surface area contributed by atoms with Crippen molar-refractivity contribution in [3.8, 4) is 5.75 Å². The van der Waals surface area contributed by atoms with Gasteiger partial charge in [-0.05, 0) is 23.3 Å². The molecule has 1 aliphatic rings. The van der Waals surface area contributed by atoms with Gasteiger partial charge in [0, 0.05) is 24.1 Å². The Hall–Kier alpha value is -2.72. The van der Waals surface area contributed by atoms with E-state index in [2.05, 4.69) is 18.8 Å². The van der Waals surface area contributed by atoms with Gasteiger partial charge in [0.25, 0.3) is 0 Å². The first-order valence-electron chi connectivity index (χ1n) is 8.06. The highest BCUT2D eigenvalue weighted by Gasteiger charge is 2.30. The molecule has 8 nitrogen and oxygen atoms in total. The maximum atomic E-state index is 12.3. The molecule has 4 rings (SSSR count). The van der Waals surface area contributed by atoms with Crippen LogP contribution in [0.5, 0.6) is 5.75 Å². The van der Waals surface area contributed by atoms with Gasteiger partial charge in [0.2, 0.25) is 15.9 Å². The summed E-state index contributed by atoms with van der Waals surface area (Å²) in [6.45, 7) is 0. The number of hydrogen-bond acceptors (Lipinski definition) is 7. The molecule has 140 valence electrons. The monoisotopic (exact) mass is 404 g/mol. The molecule has 27 heavy (non-hydrogen) atoms. The first-order valence-corrected chi connectivity index (χ1v) is 10.7. The molecule has 2 aromatic carbocycles. The Morgan fingerprint density at radius 3 is 2.81 bits per heavy atom. The van der Waals surface area contributed by atoms with Gasteiger partial charge in [0.05, 0.1) is 30.8 Å². The minimum Gasteiger partial charge on any atom is -0.494 e. The van der Waals surface area contributed by atoms with Crippen molar-refractivity contribution in [1.82, 2.24) is 8.75 Å². The van der Waals surface area contributed by atoms with Crippen LogP contribution in [-0.2, 0) is 14.8 Å². The van der Waals surface area contributed by atoms with Crippen molar-refractivity contribution in [2.75, 3.05) is 23.4 Å². The van der Waals surface area contributed by atoms with Crippen LogP contribution in [0.2, 0.25) is 0 Å². The lowest BCUT2D eigenvalue weighted by Crippen LogP contribution is -2.24. The number of nitrogens with one attached hydrogen (secondary N) is 2. The molecule has 3 aromatic rings. The minimum absolute atomic E-state index is 0.126. The normalized spacial score (nSPS) is 16.7. The van der Waals surface area contributed by atoms with Crippen molar-refractivity contribution in [2.24, 2.45) is 0 Å². The Morgan fingerprint density at radius 1 is 1.26 bits per heavy atom. The van der Waals surface area contributed by atoms with Crippen molar-refractivity contribution >= 4 is 50.1 Å². The maximum absolute atomic E-state index is 12.3. The number of ether oxygens (including phenoxy) is 1. The summed E-state index contributed by atoms with van der Waals surface area (Å²) in [4.78, 5) is 12.3. The maximum Gasteiger partial charge on any atom is 0.229 e. The van der Waals surface area contributed by atoms with Gasteiger partial charge in [0.1, 0.15) is 16.8 Å². The number of carbonyl (C=O) groups excluding carboxylic acids is 1. The molecular formula is C17H16N4O4S2. The second kappa shape index (κ2) is 6.46. The molecule has 1 atom stereocenters. The molecule has 0 aliphatic carbocycles. The van der Waals surface area contributed by atoms with E-state index in [1.165, 1.54) is 7.11 Å². The van der Waals surface area contributed by atoms with Crippen molar-refractivity contribution in [1.29, 1.82) is 0 Å². The average Bonchev–Trinajstić information content (AvgIpc) is 3.08. The number of benzene rings is 2. The first kappa shape index (κ1) is 17.7. The standard InChI is InChI=1S/C17H16N4O4S2/c1-25-15-8-13-11(6-14(15)21-27(2,23)24)10(7-16(22)18-13)9-4-3-5-12-17(9)20-26-19-12/h3-6,8,10,21H,7H2,1-2H3,(H,18,22)/t10-/m1/s1. The SMILES string of the molecule is COc1cc2c(cc1NS(C)(=O)=O)[C@@H](c1cccc3nsnc13)CC(=O)N2. The van der Waals surface area contributed by atoms with E-state index in [1.807, 2.05) is 18.2 Å². The smallest absolute Gasteiger partial charge is 0.229 e. The fourth-order valence-electron chi connectivity index (χ4n) is 3.32. The summed E-state index contributed by atoms with van der Waals surface area (Å²) in [5.74, 6) is -0.0698. The van der Waals surface area contributed by atoms with E-state index >= 15 is 0 Å². The van der Waals surface area contributed by atoms with Crippen molar-refractivity contribution in [2.45, 2.75) is 12.3 Å². The van der Waals surface area contributed by atoms with Crippen LogP contribution in [0.1, 0.15) is 23.5 Å². The zero-order chi connectivity index (χ0) is 19.2. The zero-order valence-electron chi connectivity index (χ0n) is 14.5. The van der Waals surface area contributed by atoms with Crippen LogP contribution in [0, 0.1) is 0 Å². The van der Waals surface area contributed by atoms with Crippen LogP contribution < -0.4 is 14.8 Å². The highest BCUT2D eigenvalue weighted by atomic mass is 32.2. The second-order valence-electron chi connectivity index (χ2n) is 6.30. The molecule has 1 aromatic heterocycles. The Balaban J connectivity index is 1.91. The molecule has 0 saturated carbocycles. The van der Waals surface area contributed by atoms with E-state index in [1.54, 1.807) is 12.1 Å². The molecule has 1 amide bonds. The lowest BCUT2D eigenvalue weighted by Gasteiger charge is -2.27. The predicted molar refractivity (Wildman–Crippen MR) is 104 cm³/mol. The molecule has 0 bridgehead atoms. The Kier molecular flexibility index (Phi) is 4.23. The fraction of sp³-hybridized carbons (Fsp3) is 0.235. The lowest BCUT2D eigenvalue weighted by molar-refractivity contribution is -0.116. The van der Waals surface area contributed by atoms with Crippen LogP contribution in [-0.4, -0.2) is 36.4 Å². The number of nitrogens with zero attached hydrogens (tertiary/aromatic N) is 2. The van der Waals surface area contributed by atoms with Gasteiger partial charge in [-0.1, -0.05) is 12.1 Å². The number of anilines is 2. The summed E-state index contributed by atoms with van der Waals surface area (Å²) in [6.07, 6.45) is 1.31. The lowest BCUT2D eigenvalue weighted by atomic mass is 9.84. The van der Waals surface area contributed by atoms with Gasteiger partial charge in [-0.2, -0.15) is 8.75 Å². The largest absolute Gasteiger partial charge is 0.494 e. The van der Waals surface area contributed by atoms with Gasteiger partial charge in [0.15, 0.2) is 0 Å². The number of aromatic nitrogens is 2. The van der Waals surface area contributed by atoms with E-state index in [9.17, 15) is 13.2 Å². The van der Waals surface area contributed by atoms with Gasteiger partial charge < -0.3 is 10.1 Å². The Morgan fingerprint density at radius 2 is 2.07 bits per heavy atom. The second-order valence-corrected chi connectivity index (χ2v) is 8.57. The van der Waals surface area contributed by atoms with Crippen LogP contribution in [0.3, 0.4) is 0 Å². The quantitative estimate of drug-likeness (QED) is 0.691. The van der Waals surface area contributed by atoms with Gasteiger partial charge in [-0.15, -0.1) is 0 Å². The number of methoxy groups -OCH3 is 1. The van der Waals surface area contributed by atoms with E-state index in [0.717, 1.165) is 40.1 Å². The number of sulfonamides is 1. The minimum atomic E-state index is -3.49. The van der Waals surface area contributed by atoms with Crippen LogP contribution >= 0.6 is 11.7 Å². The van der Waals surface area contributed by atoms with E-state index in [-0.39, 0.29) is 18.2 Å². The Labute approximate surface area is 159 Å². The van der Waals surface area contributed by atoms with Gasteiger partial charge in [-0.25, -0.2) is 8.42 Å². The molecule has 0 spiro atoms. The number of amides is 1. The van der Waals surface area contributed by atoms with Crippen LogP contribution in [0.15, 0.2) is 30.3 Å². The number of hydrogen-bond donors (Lipinski definition) is 2. The summed E-state index contributed by atoms with van der Waals surface area (Å²) in [5, 5.41) is 2.84. The fourth-order valence-corrected chi connectivity index (χ4v) is 4.44. The van der Waals surface area contributed by atoms with Gasteiger partial charge in [-0.3, -0.25) is 9.52 Å². The van der Waals surface area contributed by atoms with Crippen molar-refractivity contribution < 1.29 is 17.9 Å². The molecule has 0 unspecified atom stereocenters. The van der Waals surface area contributed by atoms with Crippen LogP contribution in [0.4, 0.5) is 11.4 Å². The first-order chi connectivity index (χ1) is 12.9. The molecule has 1 aliphatic heterocycles. The summed E-state index contributed by atoms with van der Waals surface area (Å²) in [7, 11) is -2.05. The summed E-state index contributed by atoms with van der Waals surface area (Å²) < 4.78 is 39.9. The number of rotatable bonds is 4. The van der Waals surface area contributed by atoms with E-state index < -0.39 is 10.0 Å². The third-order valence-electron chi connectivity index (χ3n) is 4.40. The predicted octanol–water partition coefficient (Wildman–Crippen LogP) is 2.55. The molecule has 2 heterocycles. The zero-order valence-corrected chi connectivity index (χ0v) is 16.1. The third kappa shape index (κ3) is 3.33. The highest BCUT2D eigenvalue weighted by molar-refractivity contribution is 7.92. The molecule has 0 saturated heterocycles. The third-order valence-corrected chi connectivity index (χ3v) is 5.53. The van der Waals surface area contributed by atoms with Crippen molar-refractivity contribution in [3.63, 3.8) is 0 Å². The molecule has 0 fully saturated rings. The highest BCUT2D eigenvalue weighted by Crippen LogP contribution is 2.43. The topological polar surface area (TPSA) is 110 Å². The summed E-state index contributed by atoms with van der Waals surface area (Å²) >= 11 is 1.12. The Bertz CT molecular complexity index is 1160.